The van der Waals surface area contributed by atoms with Crippen molar-refractivity contribution in [3.05, 3.63) is 109 Å². The second kappa shape index (κ2) is 14.2. The first kappa shape index (κ1) is 36.9. The Balaban J connectivity index is 1.63. The predicted molar refractivity (Wildman–Crippen MR) is 200 cm³/mol. The summed E-state index contributed by atoms with van der Waals surface area (Å²) in [6, 6.07) is 22.2. The molecule has 1 spiro atoms. The molecule has 3 aliphatic heterocycles. The zero-order valence-corrected chi connectivity index (χ0v) is 31.6. The Kier molecular flexibility index (Phi) is 10.1. The number of hydrogen-bond donors (Lipinski definition) is 0. The van der Waals surface area contributed by atoms with Crippen molar-refractivity contribution in [2.24, 2.45) is 0 Å². The Morgan fingerprint density at radius 3 is 1.69 bits per heavy atom. The van der Waals surface area contributed by atoms with Gasteiger partial charge < -0.3 is 23.7 Å². The summed E-state index contributed by atoms with van der Waals surface area (Å²) in [5.74, 6) is -3.48. The minimum atomic E-state index is -1.71. The molecule has 52 heavy (non-hydrogen) atoms. The molecule has 0 unspecified atom stereocenters. The minimum absolute atomic E-state index is 0.136. The maximum Gasteiger partial charge on any atom is 0.345 e. The summed E-state index contributed by atoms with van der Waals surface area (Å²) in [5.41, 5.74) is 2.18. The molecule has 0 radical (unpaired) electrons. The van der Waals surface area contributed by atoms with Crippen LogP contribution in [0.25, 0.3) is 16.7 Å². The van der Waals surface area contributed by atoms with Crippen molar-refractivity contribution in [1.82, 2.24) is 0 Å². The summed E-state index contributed by atoms with van der Waals surface area (Å²) in [4.78, 5) is 70.7. The van der Waals surface area contributed by atoms with E-state index in [9.17, 15) is 24.0 Å². The number of fused-ring (bicyclic) bond motifs is 3. The number of rotatable bonds is 7. The van der Waals surface area contributed by atoms with Crippen molar-refractivity contribution in [3.63, 3.8) is 0 Å². The lowest BCUT2D eigenvalue weighted by molar-refractivity contribution is -0.138. The lowest BCUT2D eigenvalue weighted by Crippen LogP contribution is -2.54. The molecule has 0 N–H and O–H groups in total. The third kappa shape index (κ3) is 5.78. The fraction of sp³-hybridized carbons (Fsp3) is 0.237. The molecule has 3 aromatic rings. The molecule has 0 aromatic heterocycles. The third-order valence-corrected chi connectivity index (χ3v) is 13.4. The molecule has 1 amide bonds. The molecule has 0 aliphatic carbocycles. The number of nitrogens with zero attached hydrogens (tertiary/aromatic N) is 1. The highest BCUT2D eigenvalue weighted by atomic mass is 32.2. The Labute approximate surface area is 312 Å². The number of esters is 4. The number of carbonyl (C=O) groups is 5. The molecule has 3 aromatic carbocycles. The summed E-state index contributed by atoms with van der Waals surface area (Å²) in [6.07, 6.45) is 0. The molecule has 0 atom stereocenters. The van der Waals surface area contributed by atoms with Crippen LogP contribution in [0.1, 0.15) is 29.8 Å². The van der Waals surface area contributed by atoms with E-state index in [2.05, 4.69) is 0 Å². The van der Waals surface area contributed by atoms with Gasteiger partial charge in [0.25, 0.3) is 5.91 Å². The Morgan fingerprint density at radius 2 is 1.15 bits per heavy atom. The number of hydrogen-bond acceptors (Lipinski definition) is 13. The monoisotopic (exact) mass is 759 g/mol. The van der Waals surface area contributed by atoms with Gasteiger partial charge in [0.2, 0.25) is 0 Å². The second-order valence-corrected chi connectivity index (χ2v) is 15.7. The van der Waals surface area contributed by atoms with E-state index in [1.54, 1.807) is 35.2 Å². The van der Waals surface area contributed by atoms with E-state index in [0.717, 1.165) is 53.5 Å². The van der Waals surface area contributed by atoms with Gasteiger partial charge >= 0.3 is 23.9 Å². The van der Waals surface area contributed by atoms with Crippen molar-refractivity contribution in [1.29, 1.82) is 0 Å². The van der Waals surface area contributed by atoms with Gasteiger partial charge in [-0.2, -0.15) is 0 Å². The van der Waals surface area contributed by atoms with Gasteiger partial charge in [-0.05, 0) is 43.2 Å². The molecule has 3 aliphatic rings. The minimum Gasteiger partial charge on any atom is -0.495 e. The highest BCUT2D eigenvalue weighted by Crippen LogP contribution is 2.71. The van der Waals surface area contributed by atoms with Crippen LogP contribution in [0.3, 0.4) is 0 Å². The van der Waals surface area contributed by atoms with Crippen LogP contribution in [0.4, 0.5) is 5.69 Å². The van der Waals surface area contributed by atoms with Crippen LogP contribution in [0, 0.1) is 0 Å². The average Bonchev–Trinajstić information content (AvgIpc) is 3.56. The standard InChI is InChI=1S/C38H33NO10S3/c1-37(2)31-25(38(26(33(41)46-4)28(50-31)34(42)47-5)51-29(35(43)48-6)30(52-38)36(44)49-7)23-14-11-15-24(45-3)27(23)39(37)32(40)22-18-16-21(17-19-22)20-12-9-8-10-13-20/h8-19H,1-7H3. The third-order valence-electron chi connectivity index (χ3n) is 8.78. The Morgan fingerprint density at radius 1 is 0.615 bits per heavy atom. The molecule has 6 rings (SSSR count). The van der Waals surface area contributed by atoms with E-state index in [1.807, 2.05) is 56.3 Å². The molecule has 268 valence electrons. The molecule has 14 heteroatoms. The van der Waals surface area contributed by atoms with E-state index in [-0.39, 0.29) is 26.2 Å². The van der Waals surface area contributed by atoms with Gasteiger partial charge in [0.15, 0.2) is 0 Å². The number of methoxy groups -OCH3 is 5. The van der Waals surface area contributed by atoms with Gasteiger partial charge in [-0.25, -0.2) is 19.2 Å². The van der Waals surface area contributed by atoms with Crippen molar-refractivity contribution in [2.45, 2.75) is 23.5 Å². The van der Waals surface area contributed by atoms with E-state index in [4.69, 9.17) is 23.7 Å². The van der Waals surface area contributed by atoms with Crippen LogP contribution in [0.15, 0.2) is 98.0 Å². The van der Waals surface area contributed by atoms with Crippen LogP contribution in [-0.2, 0) is 38.1 Å². The van der Waals surface area contributed by atoms with Crippen LogP contribution in [-0.4, -0.2) is 75.0 Å². The van der Waals surface area contributed by atoms with Gasteiger partial charge in [0.05, 0.1) is 52.3 Å². The second-order valence-electron chi connectivity index (χ2n) is 12.0. The predicted octanol–water partition coefficient (Wildman–Crippen LogP) is 6.59. The van der Waals surface area contributed by atoms with Crippen LogP contribution in [0.5, 0.6) is 5.75 Å². The number of carbonyl (C=O) groups excluding carboxylic acids is 5. The fourth-order valence-electron chi connectivity index (χ4n) is 6.40. The van der Waals surface area contributed by atoms with Crippen LogP contribution < -0.4 is 9.64 Å². The van der Waals surface area contributed by atoms with Gasteiger partial charge in [-0.1, -0.05) is 89.9 Å². The largest absolute Gasteiger partial charge is 0.495 e. The fourth-order valence-corrected chi connectivity index (χ4v) is 11.5. The van der Waals surface area contributed by atoms with Crippen molar-refractivity contribution >= 4 is 76.3 Å². The average molecular weight is 760 g/mol. The molecule has 0 saturated heterocycles. The highest BCUT2D eigenvalue weighted by molar-refractivity contribution is 8.26. The SMILES string of the molecule is COC(=O)C1=C(C(=O)OC)SC2(S1)C(C(=O)OC)=C(C(=O)OC)SC1=C2c2cccc(OC)c2N(C(=O)c2ccc(-c3ccccc3)cc2)C1(C)C. The van der Waals surface area contributed by atoms with Gasteiger partial charge in [-0.15, -0.1) is 0 Å². The first-order valence-corrected chi connectivity index (χ1v) is 18.2. The van der Waals surface area contributed by atoms with Crippen molar-refractivity contribution < 1.29 is 47.7 Å². The number of thioether (sulfide) groups is 3. The summed E-state index contributed by atoms with van der Waals surface area (Å²) in [5, 5.41) is 0. The lowest BCUT2D eigenvalue weighted by Gasteiger charge is -2.51. The highest BCUT2D eigenvalue weighted by Gasteiger charge is 2.62. The molecule has 11 nitrogen and oxygen atoms in total. The number of benzene rings is 3. The Hall–Kier alpha value is -4.92. The lowest BCUT2D eigenvalue weighted by atomic mass is 9.82. The van der Waals surface area contributed by atoms with E-state index < -0.39 is 33.5 Å². The first-order chi connectivity index (χ1) is 24.9. The van der Waals surface area contributed by atoms with E-state index >= 15 is 0 Å². The Bertz CT molecular complexity index is 2090. The number of ether oxygens (including phenoxy) is 5. The molecular weight excluding hydrogens is 727 g/mol. The molecule has 0 saturated carbocycles. The number of para-hydroxylation sites is 1. The summed E-state index contributed by atoms with van der Waals surface area (Å²) in [7, 11) is 6.15. The zero-order valence-electron chi connectivity index (χ0n) is 29.2. The maximum absolute atomic E-state index is 14.9. The van der Waals surface area contributed by atoms with Gasteiger partial charge in [-0.3, -0.25) is 9.69 Å². The molecule has 0 bridgehead atoms. The molecule has 3 heterocycles. The zero-order chi connectivity index (χ0) is 37.5. The summed E-state index contributed by atoms with van der Waals surface area (Å²) >= 11 is 2.68. The number of amides is 1. The molecular formula is C38H33NO10S3. The summed E-state index contributed by atoms with van der Waals surface area (Å²) in [6.45, 7) is 3.62. The first-order valence-electron chi connectivity index (χ1n) is 15.7. The summed E-state index contributed by atoms with van der Waals surface area (Å²) < 4.78 is 24.8. The molecule has 0 fully saturated rings. The maximum atomic E-state index is 14.9. The van der Waals surface area contributed by atoms with Crippen molar-refractivity contribution in [2.75, 3.05) is 40.4 Å². The van der Waals surface area contributed by atoms with Crippen LogP contribution in [0.2, 0.25) is 0 Å². The normalized spacial score (nSPS) is 16.9. The van der Waals surface area contributed by atoms with Gasteiger partial charge in [0, 0.05) is 21.6 Å². The van der Waals surface area contributed by atoms with Crippen molar-refractivity contribution in [3.8, 4) is 16.9 Å². The quantitative estimate of drug-likeness (QED) is 0.190. The van der Waals surface area contributed by atoms with Crippen LogP contribution >= 0.6 is 35.3 Å². The van der Waals surface area contributed by atoms with E-state index in [0.29, 0.717) is 33.0 Å². The van der Waals surface area contributed by atoms with E-state index in [1.165, 1.54) is 28.4 Å². The van der Waals surface area contributed by atoms with Gasteiger partial charge in [0.1, 0.15) is 24.5 Å². The number of anilines is 1. The topological polar surface area (TPSA) is 135 Å². The smallest absolute Gasteiger partial charge is 0.345 e.